The molecule has 31 heavy (non-hydrogen) atoms. The molecule has 0 saturated heterocycles. The van der Waals surface area contributed by atoms with E-state index in [1.54, 1.807) is 0 Å². The molecule has 0 aromatic heterocycles. The van der Waals surface area contributed by atoms with Crippen molar-refractivity contribution >= 4 is 16.7 Å². The van der Waals surface area contributed by atoms with Gasteiger partial charge in [0.2, 0.25) is 0 Å². The zero-order valence-corrected chi connectivity index (χ0v) is 18.4. The Morgan fingerprint density at radius 2 is 1.74 bits per heavy atom. The Bertz CT molecular complexity index is 1010. The molecule has 3 aromatic rings. The molecule has 0 aliphatic heterocycles. The smallest absolute Gasteiger partial charge is 0.303 e. The summed E-state index contributed by atoms with van der Waals surface area (Å²) in [4.78, 5) is 10.8. The van der Waals surface area contributed by atoms with E-state index in [9.17, 15) is 4.79 Å². The largest absolute Gasteiger partial charge is 0.481 e. The summed E-state index contributed by atoms with van der Waals surface area (Å²) in [7, 11) is 0. The van der Waals surface area contributed by atoms with Gasteiger partial charge in [-0.2, -0.15) is 0 Å². The van der Waals surface area contributed by atoms with E-state index in [2.05, 4.69) is 79.0 Å². The van der Waals surface area contributed by atoms with Crippen molar-refractivity contribution in [1.29, 1.82) is 0 Å². The fraction of sp³-hybridized carbons (Fsp3) is 0.393. The molecule has 1 saturated carbocycles. The van der Waals surface area contributed by atoms with Crippen LogP contribution in [-0.4, -0.2) is 17.1 Å². The lowest BCUT2D eigenvalue weighted by atomic mass is 9.81. The highest BCUT2D eigenvalue weighted by Crippen LogP contribution is 2.30. The van der Waals surface area contributed by atoms with Gasteiger partial charge in [-0.3, -0.25) is 4.79 Å². The van der Waals surface area contributed by atoms with Crippen LogP contribution in [0.3, 0.4) is 0 Å². The van der Waals surface area contributed by atoms with E-state index in [-0.39, 0.29) is 6.42 Å². The molecule has 0 spiro atoms. The maximum atomic E-state index is 10.8. The number of carbonyl (C=O) groups is 1. The lowest BCUT2D eigenvalue weighted by Gasteiger charge is -2.32. The van der Waals surface area contributed by atoms with E-state index in [0.717, 1.165) is 12.0 Å². The second kappa shape index (κ2) is 10.1. The first-order valence-corrected chi connectivity index (χ1v) is 11.6. The summed E-state index contributed by atoms with van der Waals surface area (Å²) >= 11 is 0. The first-order chi connectivity index (χ1) is 15.1. The summed E-state index contributed by atoms with van der Waals surface area (Å²) < 4.78 is 0. The SMILES string of the molecule is CC(NC1CCCC(Cc2ccc(CCC(=O)O)cc2)C1)c1cccc2ccccc12. The van der Waals surface area contributed by atoms with E-state index in [4.69, 9.17) is 5.11 Å². The number of fused-ring (bicyclic) bond motifs is 1. The third-order valence-corrected chi connectivity index (χ3v) is 6.73. The third-order valence-electron chi connectivity index (χ3n) is 6.73. The Balaban J connectivity index is 1.34. The molecule has 0 bridgehead atoms. The van der Waals surface area contributed by atoms with E-state index in [0.29, 0.717) is 24.4 Å². The molecule has 162 valence electrons. The van der Waals surface area contributed by atoms with Gasteiger partial charge in [-0.15, -0.1) is 0 Å². The molecule has 3 heteroatoms. The van der Waals surface area contributed by atoms with Gasteiger partial charge in [0.25, 0.3) is 0 Å². The second-order valence-electron chi connectivity index (χ2n) is 9.10. The number of rotatable bonds is 8. The van der Waals surface area contributed by atoms with Gasteiger partial charge >= 0.3 is 5.97 Å². The van der Waals surface area contributed by atoms with Gasteiger partial charge in [-0.1, -0.05) is 79.6 Å². The standard InChI is InChI=1S/C28H33NO2/c1-20(26-11-5-8-24-7-2-3-10-27(24)26)29-25-9-4-6-23(19-25)18-22-14-12-21(13-15-22)16-17-28(30)31/h2-3,5,7-8,10-15,20,23,25,29H,4,6,9,16-19H2,1H3,(H,30,31). The summed E-state index contributed by atoms with van der Waals surface area (Å²) in [5.74, 6) is -0.0293. The van der Waals surface area contributed by atoms with Gasteiger partial charge < -0.3 is 10.4 Å². The maximum absolute atomic E-state index is 10.8. The van der Waals surface area contributed by atoms with Crippen LogP contribution in [0.15, 0.2) is 66.7 Å². The number of aliphatic carboxylic acids is 1. The molecule has 3 aromatic carbocycles. The van der Waals surface area contributed by atoms with Gasteiger partial charge in [0.1, 0.15) is 0 Å². The molecule has 0 amide bonds. The van der Waals surface area contributed by atoms with Crippen molar-refractivity contribution in [3.8, 4) is 0 Å². The van der Waals surface area contributed by atoms with Crippen LogP contribution < -0.4 is 5.32 Å². The van der Waals surface area contributed by atoms with E-state index in [1.807, 2.05) is 0 Å². The van der Waals surface area contributed by atoms with Gasteiger partial charge in [-0.25, -0.2) is 0 Å². The van der Waals surface area contributed by atoms with Crippen LogP contribution in [0.2, 0.25) is 0 Å². The fourth-order valence-corrected chi connectivity index (χ4v) is 5.13. The number of carboxylic acids is 1. The molecular weight excluding hydrogens is 382 g/mol. The quantitative estimate of drug-likeness (QED) is 0.453. The van der Waals surface area contributed by atoms with Crippen LogP contribution in [0, 0.1) is 5.92 Å². The van der Waals surface area contributed by atoms with Crippen LogP contribution in [-0.2, 0) is 17.6 Å². The predicted molar refractivity (Wildman–Crippen MR) is 127 cm³/mol. The molecule has 2 N–H and O–H groups in total. The van der Waals surface area contributed by atoms with E-state index >= 15 is 0 Å². The van der Waals surface area contributed by atoms with Gasteiger partial charge in [0, 0.05) is 18.5 Å². The highest BCUT2D eigenvalue weighted by atomic mass is 16.4. The molecule has 0 heterocycles. The van der Waals surface area contributed by atoms with Crippen LogP contribution in [0.1, 0.15) is 61.8 Å². The summed E-state index contributed by atoms with van der Waals surface area (Å²) in [5.41, 5.74) is 3.86. The summed E-state index contributed by atoms with van der Waals surface area (Å²) in [6, 6.07) is 24.7. The third kappa shape index (κ3) is 5.74. The normalized spacial score (nSPS) is 19.9. The van der Waals surface area contributed by atoms with Crippen LogP contribution in [0.25, 0.3) is 10.8 Å². The number of nitrogens with one attached hydrogen (secondary N) is 1. The highest BCUT2D eigenvalue weighted by Gasteiger charge is 2.24. The molecule has 1 fully saturated rings. The Morgan fingerprint density at radius 1 is 1.00 bits per heavy atom. The number of carboxylic acid groups (broad SMARTS) is 1. The van der Waals surface area contributed by atoms with E-state index < -0.39 is 5.97 Å². The van der Waals surface area contributed by atoms with Crippen molar-refractivity contribution < 1.29 is 9.90 Å². The number of aryl methyl sites for hydroxylation is 1. The average Bonchev–Trinajstić information content (AvgIpc) is 2.78. The maximum Gasteiger partial charge on any atom is 0.303 e. The Kier molecular flexibility index (Phi) is 7.03. The molecule has 1 aliphatic carbocycles. The minimum absolute atomic E-state index is 0.199. The van der Waals surface area contributed by atoms with Gasteiger partial charge in [0.15, 0.2) is 0 Å². The zero-order chi connectivity index (χ0) is 21.6. The summed E-state index contributed by atoms with van der Waals surface area (Å²) in [6.45, 7) is 2.29. The summed E-state index contributed by atoms with van der Waals surface area (Å²) in [5, 5.41) is 15.4. The highest BCUT2D eigenvalue weighted by molar-refractivity contribution is 5.86. The zero-order valence-electron chi connectivity index (χ0n) is 18.4. The molecule has 0 radical (unpaired) electrons. The Labute approximate surface area is 185 Å². The van der Waals surface area contributed by atoms with Gasteiger partial charge in [0.05, 0.1) is 0 Å². The molecule has 3 unspecified atom stereocenters. The minimum atomic E-state index is -0.734. The minimum Gasteiger partial charge on any atom is -0.481 e. The van der Waals surface area contributed by atoms with Crippen molar-refractivity contribution in [2.75, 3.05) is 0 Å². The van der Waals surface area contributed by atoms with E-state index in [1.165, 1.54) is 47.6 Å². The molecule has 3 nitrogen and oxygen atoms in total. The monoisotopic (exact) mass is 415 g/mol. The first kappa shape index (κ1) is 21.6. The number of hydrogen-bond donors (Lipinski definition) is 2. The van der Waals surface area contributed by atoms with Crippen molar-refractivity contribution in [3.63, 3.8) is 0 Å². The average molecular weight is 416 g/mol. The Morgan fingerprint density at radius 3 is 2.55 bits per heavy atom. The summed E-state index contributed by atoms with van der Waals surface area (Å²) in [6.07, 6.45) is 6.96. The van der Waals surface area contributed by atoms with Crippen molar-refractivity contribution in [3.05, 3.63) is 83.4 Å². The van der Waals surface area contributed by atoms with Gasteiger partial charge in [-0.05, 0) is 66.0 Å². The van der Waals surface area contributed by atoms with Crippen LogP contribution in [0.4, 0.5) is 0 Å². The predicted octanol–water partition coefficient (Wildman–Crippen LogP) is 6.31. The lowest BCUT2D eigenvalue weighted by molar-refractivity contribution is -0.136. The molecule has 4 rings (SSSR count). The molecule has 3 atom stereocenters. The molecule has 1 aliphatic rings. The second-order valence-corrected chi connectivity index (χ2v) is 9.10. The van der Waals surface area contributed by atoms with Crippen molar-refractivity contribution in [1.82, 2.24) is 5.32 Å². The fourth-order valence-electron chi connectivity index (χ4n) is 5.13. The van der Waals surface area contributed by atoms with Crippen molar-refractivity contribution in [2.24, 2.45) is 5.92 Å². The number of hydrogen-bond acceptors (Lipinski definition) is 2. The lowest BCUT2D eigenvalue weighted by Crippen LogP contribution is -2.36. The van der Waals surface area contributed by atoms with Crippen molar-refractivity contribution in [2.45, 2.75) is 64.0 Å². The van der Waals surface area contributed by atoms with Crippen LogP contribution in [0.5, 0.6) is 0 Å². The topological polar surface area (TPSA) is 49.3 Å². The first-order valence-electron chi connectivity index (χ1n) is 11.6. The number of benzene rings is 3. The Hall–Kier alpha value is -2.65. The van der Waals surface area contributed by atoms with Crippen LogP contribution >= 0.6 is 0 Å². The molecular formula is C28H33NO2.